The van der Waals surface area contributed by atoms with E-state index >= 15 is 0 Å². The van der Waals surface area contributed by atoms with Crippen LogP contribution in [0.1, 0.15) is 13.8 Å². The van der Waals surface area contributed by atoms with Gasteiger partial charge in [-0.05, 0) is 20.1 Å². The fourth-order valence-electron chi connectivity index (χ4n) is 0.810. The predicted octanol–water partition coefficient (Wildman–Crippen LogP) is 1.39. The van der Waals surface area contributed by atoms with Crippen molar-refractivity contribution in [1.82, 2.24) is 10.2 Å². The summed E-state index contributed by atoms with van der Waals surface area (Å²) in [5.74, 6) is 0. The van der Waals surface area contributed by atoms with Crippen molar-refractivity contribution in [2.75, 3.05) is 33.2 Å². The van der Waals surface area contributed by atoms with Crippen LogP contribution in [0, 0.1) is 0 Å². The maximum absolute atomic E-state index is 3.13. The standard InChI is InChI=1S/C7H18N2.2ClH/c1-4-9(5-2)7-6-8-3;;/h8H,4-7H2,1-3H3;2*1H. The zero-order chi connectivity index (χ0) is 7.11. The Bertz CT molecular complexity index is 58.4. The quantitative estimate of drug-likeness (QED) is 0.726. The Morgan fingerprint density at radius 1 is 1.09 bits per heavy atom. The van der Waals surface area contributed by atoms with Crippen LogP contribution >= 0.6 is 24.8 Å². The lowest BCUT2D eigenvalue weighted by atomic mass is 10.5. The minimum Gasteiger partial charge on any atom is -0.318 e. The van der Waals surface area contributed by atoms with Crippen molar-refractivity contribution in [1.29, 1.82) is 0 Å². The summed E-state index contributed by atoms with van der Waals surface area (Å²) in [7, 11) is 1.99. The van der Waals surface area contributed by atoms with Crippen LogP contribution in [0.15, 0.2) is 0 Å². The van der Waals surface area contributed by atoms with Gasteiger partial charge in [0.2, 0.25) is 0 Å². The van der Waals surface area contributed by atoms with Crippen LogP contribution in [0.25, 0.3) is 0 Å². The second kappa shape index (κ2) is 13.1. The molecule has 4 heteroatoms. The van der Waals surface area contributed by atoms with Gasteiger partial charge in [0.1, 0.15) is 0 Å². The van der Waals surface area contributed by atoms with Crippen LogP contribution < -0.4 is 5.32 Å². The van der Waals surface area contributed by atoms with Gasteiger partial charge in [-0.3, -0.25) is 0 Å². The van der Waals surface area contributed by atoms with Gasteiger partial charge in [0, 0.05) is 13.1 Å². The maximum Gasteiger partial charge on any atom is 0.0106 e. The molecule has 0 fully saturated rings. The van der Waals surface area contributed by atoms with Crippen molar-refractivity contribution in [3.05, 3.63) is 0 Å². The predicted molar refractivity (Wildman–Crippen MR) is 56.2 cm³/mol. The molecule has 0 aromatic rings. The molecule has 0 spiro atoms. The Kier molecular flexibility index (Phi) is 20.9. The molecule has 0 unspecified atom stereocenters. The summed E-state index contributed by atoms with van der Waals surface area (Å²) in [5.41, 5.74) is 0. The first-order valence-corrected chi connectivity index (χ1v) is 3.72. The topological polar surface area (TPSA) is 15.3 Å². The molecule has 72 valence electrons. The molecule has 0 saturated carbocycles. The Morgan fingerprint density at radius 2 is 1.55 bits per heavy atom. The highest BCUT2D eigenvalue weighted by Crippen LogP contribution is 1.82. The van der Waals surface area contributed by atoms with E-state index in [1.54, 1.807) is 0 Å². The van der Waals surface area contributed by atoms with E-state index in [-0.39, 0.29) is 24.8 Å². The summed E-state index contributed by atoms with van der Waals surface area (Å²) in [6, 6.07) is 0. The molecule has 0 amide bonds. The van der Waals surface area contributed by atoms with Crippen molar-refractivity contribution in [3.63, 3.8) is 0 Å². The fourth-order valence-corrected chi connectivity index (χ4v) is 0.810. The van der Waals surface area contributed by atoms with Crippen LogP contribution in [0.2, 0.25) is 0 Å². The second-order valence-electron chi connectivity index (χ2n) is 2.13. The lowest BCUT2D eigenvalue weighted by molar-refractivity contribution is 0.305. The number of hydrogen-bond acceptors (Lipinski definition) is 2. The first-order valence-electron chi connectivity index (χ1n) is 3.72. The second-order valence-corrected chi connectivity index (χ2v) is 2.13. The number of rotatable bonds is 5. The Labute approximate surface area is 82.5 Å². The minimum atomic E-state index is 0. The zero-order valence-corrected chi connectivity index (χ0v) is 9.23. The van der Waals surface area contributed by atoms with Crippen molar-refractivity contribution in [2.45, 2.75) is 13.8 Å². The molecular formula is C7H20Cl2N2. The molecular weight excluding hydrogens is 183 g/mol. The van der Waals surface area contributed by atoms with Crippen molar-refractivity contribution >= 4 is 24.8 Å². The van der Waals surface area contributed by atoms with Crippen LogP contribution in [0.3, 0.4) is 0 Å². The zero-order valence-electron chi connectivity index (χ0n) is 7.59. The van der Waals surface area contributed by atoms with Gasteiger partial charge >= 0.3 is 0 Å². The SMILES string of the molecule is CCN(CC)CCNC.Cl.Cl. The van der Waals surface area contributed by atoms with E-state index in [1.807, 2.05) is 7.05 Å². The molecule has 0 bridgehead atoms. The summed E-state index contributed by atoms with van der Waals surface area (Å²) >= 11 is 0. The molecule has 0 aliphatic heterocycles. The summed E-state index contributed by atoms with van der Waals surface area (Å²) in [4.78, 5) is 2.40. The van der Waals surface area contributed by atoms with Gasteiger partial charge < -0.3 is 10.2 Å². The molecule has 0 aromatic heterocycles. The first-order chi connectivity index (χ1) is 4.35. The normalized spacial score (nSPS) is 8.73. The van der Waals surface area contributed by atoms with E-state index in [9.17, 15) is 0 Å². The molecule has 2 nitrogen and oxygen atoms in total. The summed E-state index contributed by atoms with van der Waals surface area (Å²) in [5, 5.41) is 3.13. The molecule has 0 aromatic carbocycles. The molecule has 0 aliphatic carbocycles. The molecule has 0 atom stereocenters. The van der Waals surface area contributed by atoms with Gasteiger partial charge in [-0.1, -0.05) is 13.8 Å². The smallest absolute Gasteiger partial charge is 0.0106 e. The van der Waals surface area contributed by atoms with Gasteiger partial charge in [0.15, 0.2) is 0 Å². The molecule has 11 heavy (non-hydrogen) atoms. The third-order valence-electron chi connectivity index (χ3n) is 1.57. The van der Waals surface area contributed by atoms with Gasteiger partial charge in [-0.25, -0.2) is 0 Å². The van der Waals surface area contributed by atoms with E-state index < -0.39 is 0 Å². The molecule has 0 heterocycles. The average Bonchev–Trinajstić information content (AvgIpc) is 1.91. The first kappa shape index (κ1) is 17.5. The fraction of sp³-hybridized carbons (Fsp3) is 1.00. The highest BCUT2D eigenvalue weighted by molar-refractivity contribution is 5.85. The van der Waals surface area contributed by atoms with Crippen LogP contribution in [-0.4, -0.2) is 38.1 Å². The lowest BCUT2D eigenvalue weighted by Crippen LogP contribution is -2.30. The average molecular weight is 203 g/mol. The Hall–Kier alpha value is 0.500. The van der Waals surface area contributed by atoms with E-state index in [0.717, 1.165) is 19.6 Å². The molecule has 1 N–H and O–H groups in total. The summed E-state index contributed by atoms with van der Waals surface area (Å²) in [6.07, 6.45) is 0. The largest absolute Gasteiger partial charge is 0.318 e. The highest BCUT2D eigenvalue weighted by atomic mass is 35.5. The van der Waals surface area contributed by atoms with E-state index in [0.29, 0.717) is 0 Å². The third kappa shape index (κ3) is 10.5. The number of likely N-dealkylation sites (N-methyl/N-ethyl adjacent to an activating group) is 2. The van der Waals surface area contributed by atoms with Gasteiger partial charge in [-0.2, -0.15) is 0 Å². The Balaban J connectivity index is -0.000000320. The molecule has 0 aliphatic rings. The lowest BCUT2D eigenvalue weighted by Gasteiger charge is -2.16. The van der Waals surface area contributed by atoms with Crippen molar-refractivity contribution in [2.24, 2.45) is 0 Å². The van der Waals surface area contributed by atoms with Crippen LogP contribution in [0.4, 0.5) is 0 Å². The number of hydrogen-bond donors (Lipinski definition) is 1. The highest BCUT2D eigenvalue weighted by Gasteiger charge is 1.94. The van der Waals surface area contributed by atoms with Gasteiger partial charge in [0.25, 0.3) is 0 Å². The summed E-state index contributed by atoms with van der Waals surface area (Å²) in [6.45, 7) is 8.99. The number of nitrogens with one attached hydrogen (secondary N) is 1. The van der Waals surface area contributed by atoms with Gasteiger partial charge in [0.05, 0.1) is 0 Å². The van der Waals surface area contributed by atoms with Crippen LogP contribution in [-0.2, 0) is 0 Å². The van der Waals surface area contributed by atoms with E-state index in [1.165, 1.54) is 6.54 Å². The van der Waals surface area contributed by atoms with Gasteiger partial charge in [-0.15, -0.1) is 24.8 Å². The monoisotopic (exact) mass is 202 g/mol. The molecule has 0 saturated heterocycles. The Morgan fingerprint density at radius 3 is 1.82 bits per heavy atom. The number of halogens is 2. The van der Waals surface area contributed by atoms with Crippen molar-refractivity contribution < 1.29 is 0 Å². The third-order valence-corrected chi connectivity index (χ3v) is 1.57. The molecule has 0 radical (unpaired) electrons. The van der Waals surface area contributed by atoms with Crippen LogP contribution in [0.5, 0.6) is 0 Å². The van der Waals surface area contributed by atoms with E-state index in [4.69, 9.17) is 0 Å². The summed E-state index contributed by atoms with van der Waals surface area (Å²) < 4.78 is 0. The maximum atomic E-state index is 3.13. The molecule has 0 rings (SSSR count). The van der Waals surface area contributed by atoms with E-state index in [2.05, 4.69) is 24.1 Å². The minimum absolute atomic E-state index is 0. The number of nitrogens with zero attached hydrogens (tertiary/aromatic N) is 1. The van der Waals surface area contributed by atoms with Crippen molar-refractivity contribution in [3.8, 4) is 0 Å².